The van der Waals surface area contributed by atoms with Crippen LogP contribution in [0.15, 0.2) is 42.7 Å². The highest BCUT2D eigenvalue weighted by atomic mass is 35.5. The number of benzene rings is 1. The van der Waals surface area contributed by atoms with E-state index >= 15 is 0 Å². The Labute approximate surface area is 128 Å². The van der Waals surface area contributed by atoms with Crippen LogP contribution >= 0.6 is 11.6 Å². The van der Waals surface area contributed by atoms with Gasteiger partial charge in [-0.3, -0.25) is 4.79 Å². The van der Waals surface area contributed by atoms with Crippen LogP contribution in [0.2, 0.25) is 5.02 Å². The summed E-state index contributed by atoms with van der Waals surface area (Å²) in [7, 11) is 0. The average molecular weight is 303 g/mol. The molecule has 108 valence electrons. The van der Waals surface area contributed by atoms with Crippen molar-refractivity contribution in [3.8, 4) is 0 Å². The van der Waals surface area contributed by atoms with Gasteiger partial charge in [-0.2, -0.15) is 0 Å². The number of hydrogen-bond acceptors (Lipinski definition) is 4. The predicted molar refractivity (Wildman–Crippen MR) is 81.2 cm³/mol. The maximum absolute atomic E-state index is 12.1. The van der Waals surface area contributed by atoms with Crippen LogP contribution in [0, 0.1) is 0 Å². The summed E-state index contributed by atoms with van der Waals surface area (Å²) in [6, 6.07) is 9.37. The molecule has 0 unspecified atom stereocenters. The fourth-order valence-electron chi connectivity index (χ4n) is 2.22. The molecule has 0 radical (unpaired) electrons. The maximum Gasteiger partial charge on any atom is 0.227 e. The molecule has 1 amide bonds. The van der Waals surface area contributed by atoms with Crippen molar-refractivity contribution in [1.29, 1.82) is 0 Å². The molecule has 1 fully saturated rings. The lowest BCUT2D eigenvalue weighted by Crippen LogP contribution is -2.57. The summed E-state index contributed by atoms with van der Waals surface area (Å²) in [5.74, 6) is 0.733. The number of aromatic nitrogens is 2. The van der Waals surface area contributed by atoms with Crippen molar-refractivity contribution in [2.45, 2.75) is 12.5 Å². The first-order valence-corrected chi connectivity index (χ1v) is 7.14. The summed E-state index contributed by atoms with van der Waals surface area (Å²) in [5.41, 5.74) is 0.979. The number of carbonyl (C=O) groups is 1. The third-order valence-electron chi connectivity index (χ3n) is 3.40. The molecule has 1 aliphatic heterocycles. The van der Waals surface area contributed by atoms with Crippen molar-refractivity contribution in [3.05, 3.63) is 53.3 Å². The van der Waals surface area contributed by atoms with Gasteiger partial charge in [0.15, 0.2) is 0 Å². The predicted octanol–water partition coefficient (Wildman–Crippen LogP) is 2.00. The van der Waals surface area contributed by atoms with Crippen molar-refractivity contribution in [1.82, 2.24) is 14.9 Å². The Hall–Kier alpha value is -2.14. The van der Waals surface area contributed by atoms with Crippen LogP contribution in [0.5, 0.6) is 0 Å². The largest absolute Gasteiger partial charge is 0.348 e. The summed E-state index contributed by atoms with van der Waals surface area (Å²) >= 11 is 5.83. The Balaban J connectivity index is 1.47. The van der Waals surface area contributed by atoms with Gasteiger partial charge in [-0.25, -0.2) is 9.97 Å². The van der Waals surface area contributed by atoms with Gasteiger partial charge in [0.1, 0.15) is 0 Å². The highest BCUT2D eigenvalue weighted by molar-refractivity contribution is 6.30. The summed E-state index contributed by atoms with van der Waals surface area (Å²) in [5, 5.41) is 3.88. The standard InChI is InChI=1S/C15H15ClN4O/c16-12-4-2-11(3-5-12)8-14(21)20-9-13(10-20)19-15-17-6-1-7-18-15/h1-7,13H,8-10H2,(H,17,18,19). The summed E-state index contributed by atoms with van der Waals surface area (Å²) < 4.78 is 0. The lowest BCUT2D eigenvalue weighted by atomic mass is 10.1. The van der Waals surface area contributed by atoms with E-state index in [-0.39, 0.29) is 11.9 Å². The van der Waals surface area contributed by atoms with Crippen LogP contribution in [-0.2, 0) is 11.2 Å². The molecule has 3 rings (SSSR count). The fourth-order valence-corrected chi connectivity index (χ4v) is 2.34. The number of rotatable bonds is 4. The Morgan fingerprint density at radius 1 is 1.24 bits per heavy atom. The fraction of sp³-hybridized carbons (Fsp3) is 0.267. The number of anilines is 1. The normalized spacial score (nSPS) is 14.6. The molecule has 5 nitrogen and oxygen atoms in total. The monoisotopic (exact) mass is 302 g/mol. The first kappa shape index (κ1) is 13.8. The van der Waals surface area contributed by atoms with Crippen LogP contribution in [0.25, 0.3) is 0 Å². The number of amides is 1. The third kappa shape index (κ3) is 3.49. The second-order valence-corrected chi connectivity index (χ2v) is 5.45. The van der Waals surface area contributed by atoms with Crippen LogP contribution in [0.4, 0.5) is 5.95 Å². The minimum absolute atomic E-state index is 0.129. The molecular formula is C15H15ClN4O. The van der Waals surface area contributed by atoms with Crippen molar-refractivity contribution in [2.24, 2.45) is 0 Å². The van der Waals surface area contributed by atoms with E-state index in [9.17, 15) is 4.79 Å². The zero-order valence-corrected chi connectivity index (χ0v) is 12.1. The number of likely N-dealkylation sites (tertiary alicyclic amines) is 1. The third-order valence-corrected chi connectivity index (χ3v) is 3.65. The molecule has 1 aliphatic rings. The Morgan fingerprint density at radius 3 is 2.57 bits per heavy atom. The van der Waals surface area contributed by atoms with E-state index in [1.54, 1.807) is 30.6 Å². The topological polar surface area (TPSA) is 58.1 Å². The number of carbonyl (C=O) groups excluding carboxylic acids is 1. The van der Waals surface area contributed by atoms with Gasteiger partial charge in [-0.15, -0.1) is 0 Å². The summed E-state index contributed by atoms with van der Waals surface area (Å²) in [4.78, 5) is 22.2. The number of nitrogens with one attached hydrogen (secondary N) is 1. The second kappa shape index (κ2) is 6.10. The number of halogens is 1. The Bertz CT molecular complexity index is 611. The lowest BCUT2D eigenvalue weighted by Gasteiger charge is -2.39. The van der Waals surface area contributed by atoms with E-state index in [0.29, 0.717) is 30.5 Å². The van der Waals surface area contributed by atoms with E-state index in [1.165, 1.54) is 0 Å². The van der Waals surface area contributed by atoms with Crippen molar-refractivity contribution in [2.75, 3.05) is 18.4 Å². The Kier molecular flexibility index (Phi) is 4.01. The molecule has 1 N–H and O–H groups in total. The maximum atomic E-state index is 12.1. The Morgan fingerprint density at radius 2 is 1.90 bits per heavy atom. The average Bonchev–Trinajstić information content (AvgIpc) is 2.46. The van der Waals surface area contributed by atoms with E-state index in [2.05, 4.69) is 15.3 Å². The van der Waals surface area contributed by atoms with Gasteiger partial charge in [0.25, 0.3) is 0 Å². The highest BCUT2D eigenvalue weighted by Gasteiger charge is 2.30. The van der Waals surface area contributed by atoms with Crippen LogP contribution < -0.4 is 5.32 Å². The molecule has 0 bridgehead atoms. The van der Waals surface area contributed by atoms with Crippen LogP contribution in [0.1, 0.15) is 5.56 Å². The molecule has 0 aliphatic carbocycles. The second-order valence-electron chi connectivity index (χ2n) is 5.02. The minimum atomic E-state index is 0.129. The smallest absolute Gasteiger partial charge is 0.227 e. The van der Waals surface area contributed by atoms with E-state index in [0.717, 1.165) is 5.56 Å². The van der Waals surface area contributed by atoms with Crippen LogP contribution in [-0.4, -0.2) is 39.9 Å². The molecule has 1 aromatic heterocycles. The first-order chi connectivity index (χ1) is 10.2. The van der Waals surface area contributed by atoms with Gasteiger partial charge in [-0.1, -0.05) is 23.7 Å². The molecular weight excluding hydrogens is 288 g/mol. The van der Waals surface area contributed by atoms with E-state index in [4.69, 9.17) is 11.6 Å². The lowest BCUT2D eigenvalue weighted by molar-refractivity contribution is -0.134. The first-order valence-electron chi connectivity index (χ1n) is 6.76. The molecule has 6 heteroatoms. The highest BCUT2D eigenvalue weighted by Crippen LogP contribution is 2.15. The molecule has 0 atom stereocenters. The zero-order chi connectivity index (χ0) is 14.7. The van der Waals surface area contributed by atoms with Gasteiger partial charge in [0, 0.05) is 30.5 Å². The summed E-state index contributed by atoms with van der Waals surface area (Å²) in [6.07, 6.45) is 3.79. The van der Waals surface area contributed by atoms with Crippen molar-refractivity contribution in [3.63, 3.8) is 0 Å². The molecule has 2 aromatic rings. The van der Waals surface area contributed by atoms with Crippen molar-refractivity contribution < 1.29 is 4.79 Å². The van der Waals surface area contributed by atoms with Gasteiger partial charge < -0.3 is 10.2 Å². The molecule has 21 heavy (non-hydrogen) atoms. The molecule has 0 saturated carbocycles. The minimum Gasteiger partial charge on any atom is -0.348 e. The molecule has 0 spiro atoms. The van der Waals surface area contributed by atoms with E-state index in [1.807, 2.05) is 17.0 Å². The molecule has 2 heterocycles. The SMILES string of the molecule is O=C(Cc1ccc(Cl)cc1)N1CC(Nc2ncccn2)C1. The molecule has 1 aromatic carbocycles. The van der Waals surface area contributed by atoms with Gasteiger partial charge in [0.2, 0.25) is 11.9 Å². The zero-order valence-electron chi connectivity index (χ0n) is 11.4. The van der Waals surface area contributed by atoms with Gasteiger partial charge in [-0.05, 0) is 23.8 Å². The van der Waals surface area contributed by atoms with Gasteiger partial charge >= 0.3 is 0 Å². The van der Waals surface area contributed by atoms with Gasteiger partial charge in [0.05, 0.1) is 12.5 Å². The number of nitrogens with zero attached hydrogens (tertiary/aromatic N) is 3. The molecule has 1 saturated heterocycles. The quantitative estimate of drug-likeness (QED) is 0.938. The van der Waals surface area contributed by atoms with E-state index < -0.39 is 0 Å². The van der Waals surface area contributed by atoms with Crippen LogP contribution in [0.3, 0.4) is 0 Å². The summed E-state index contributed by atoms with van der Waals surface area (Å²) in [6.45, 7) is 1.37. The number of hydrogen-bond donors (Lipinski definition) is 1. The van der Waals surface area contributed by atoms with Crippen molar-refractivity contribution >= 4 is 23.5 Å².